The van der Waals surface area contributed by atoms with Crippen LogP contribution in [0.4, 0.5) is 5.69 Å². The standard InChI is InChI=1S/C25H17ClN4O/c1-15-24-28-19-8-4-5-9-21(19)30(24)23-14-17(26)11-13-22(23)29(15)25(31)20-12-10-16-6-2-3-7-18(16)27-20/h2-15H,1H3. The van der Waals surface area contributed by atoms with Gasteiger partial charge in [-0.15, -0.1) is 0 Å². The molecule has 1 aliphatic rings. The summed E-state index contributed by atoms with van der Waals surface area (Å²) in [5.41, 5.74) is 4.69. The zero-order valence-corrected chi connectivity index (χ0v) is 17.4. The van der Waals surface area contributed by atoms with Crippen LogP contribution < -0.4 is 4.90 Å². The van der Waals surface area contributed by atoms with E-state index < -0.39 is 0 Å². The summed E-state index contributed by atoms with van der Waals surface area (Å²) in [5, 5.41) is 1.60. The maximum Gasteiger partial charge on any atom is 0.277 e. The summed E-state index contributed by atoms with van der Waals surface area (Å²) in [7, 11) is 0. The largest absolute Gasteiger partial charge is 0.295 e. The van der Waals surface area contributed by atoms with Gasteiger partial charge in [0.25, 0.3) is 5.91 Å². The number of hydrogen-bond donors (Lipinski definition) is 0. The molecule has 3 aromatic carbocycles. The molecule has 1 aliphatic heterocycles. The van der Waals surface area contributed by atoms with Gasteiger partial charge in [0.15, 0.2) is 0 Å². The van der Waals surface area contributed by atoms with Crippen LogP contribution in [0.15, 0.2) is 78.9 Å². The maximum absolute atomic E-state index is 13.7. The highest BCUT2D eigenvalue weighted by Crippen LogP contribution is 2.42. The van der Waals surface area contributed by atoms with E-state index in [-0.39, 0.29) is 11.9 Å². The summed E-state index contributed by atoms with van der Waals surface area (Å²) >= 11 is 6.36. The molecule has 0 bridgehead atoms. The van der Waals surface area contributed by atoms with Gasteiger partial charge < -0.3 is 0 Å². The van der Waals surface area contributed by atoms with E-state index in [0.717, 1.165) is 39.1 Å². The molecule has 6 heteroatoms. The van der Waals surface area contributed by atoms with Crippen molar-refractivity contribution in [3.8, 4) is 5.69 Å². The Morgan fingerprint density at radius 3 is 2.52 bits per heavy atom. The number of halogens is 1. The molecule has 6 rings (SSSR count). The normalized spacial score (nSPS) is 15.2. The Balaban J connectivity index is 1.56. The molecule has 31 heavy (non-hydrogen) atoms. The summed E-state index contributed by atoms with van der Waals surface area (Å²) < 4.78 is 2.10. The molecule has 0 fully saturated rings. The van der Waals surface area contributed by atoms with E-state index in [0.29, 0.717) is 10.7 Å². The Morgan fingerprint density at radius 1 is 0.871 bits per heavy atom. The number of carbonyl (C=O) groups is 1. The molecule has 1 atom stereocenters. The van der Waals surface area contributed by atoms with Gasteiger partial charge in [0.05, 0.1) is 34.0 Å². The number of para-hydroxylation sites is 3. The summed E-state index contributed by atoms with van der Waals surface area (Å²) in [6.45, 7) is 1.99. The summed E-state index contributed by atoms with van der Waals surface area (Å²) in [4.78, 5) is 25.0. The van der Waals surface area contributed by atoms with Gasteiger partial charge in [0.2, 0.25) is 0 Å². The van der Waals surface area contributed by atoms with E-state index in [1.807, 2.05) is 79.7 Å². The van der Waals surface area contributed by atoms with Gasteiger partial charge in [-0.1, -0.05) is 48.0 Å². The van der Waals surface area contributed by atoms with E-state index in [4.69, 9.17) is 16.6 Å². The van der Waals surface area contributed by atoms with Crippen LogP contribution in [0, 0.1) is 0 Å². The van der Waals surface area contributed by atoms with Gasteiger partial charge >= 0.3 is 0 Å². The van der Waals surface area contributed by atoms with Crippen molar-refractivity contribution >= 4 is 45.1 Å². The van der Waals surface area contributed by atoms with Crippen molar-refractivity contribution in [2.24, 2.45) is 0 Å². The number of pyridine rings is 1. The molecule has 2 aromatic heterocycles. The van der Waals surface area contributed by atoms with E-state index in [9.17, 15) is 4.79 Å². The Labute approximate surface area is 183 Å². The lowest BCUT2D eigenvalue weighted by Gasteiger charge is -2.35. The number of rotatable bonds is 1. The van der Waals surface area contributed by atoms with Crippen LogP contribution in [-0.2, 0) is 0 Å². The lowest BCUT2D eigenvalue weighted by molar-refractivity contribution is 0.0971. The first-order valence-corrected chi connectivity index (χ1v) is 10.5. The molecule has 0 N–H and O–H groups in total. The molecule has 3 heterocycles. The van der Waals surface area contributed by atoms with Gasteiger partial charge in [-0.3, -0.25) is 14.3 Å². The third kappa shape index (κ3) is 2.67. The molecule has 0 aliphatic carbocycles. The van der Waals surface area contributed by atoms with Crippen LogP contribution in [0.1, 0.15) is 29.3 Å². The number of aromatic nitrogens is 3. The number of nitrogens with zero attached hydrogens (tertiary/aromatic N) is 4. The molecule has 1 unspecified atom stereocenters. The minimum Gasteiger partial charge on any atom is -0.295 e. The fourth-order valence-electron chi connectivity index (χ4n) is 4.38. The SMILES string of the molecule is CC1c2nc3ccccc3n2-c2cc(Cl)ccc2N1C(=O)c1ccc2ccccc2n1. The number of amides is 1. The Morgan fingerprint density at radius 2 is 1.65 bits per heavy atom. The number of carbonyl (C=O) groups excluding carboxylic acids is 1. The van der Waals surface area contributed by atoms with E-state index >= 15 is 0 Å². The second kappa shape index (κ2) is 6.65. The number of hydrogen-bond acceptors (Lipinski definition) is 3. The van der Waals surface area contributed by atoms with Crippen LogP contribution in [-0.4, -0.2) is 20.4 Å². The van der Waals surface area contributed by atoms with Crippen molar-refractivity contribution in [1.29, 1.82) is 0 Å². The summed E-state index contributed by atoms with van der Waals surface area (Å²) in [5.74, 6) is 0.630. The van der Waals surface area contributed by atoms with Gasteiger partial charge in [0.1, 0.15) is 11.5 Å². The highest BCUT2D eigenvalue weighted by Gasteiger charge is 2.36. The number of benzene rings is 3. The van der Waals surface area contributed by atoms with Crippen molar-refractivity contribution < 1.29 is 4.79 Å². The minimum absolute atomic E-state index is 0.167. The molecule has 0 saturated carbocycles. The highest BCUT2D eigenvalue weighted by molar-refractivity contribution is 6.31. The Hall–Kier alpha value is -3.70. The van der Waals surface area contributed by atoms with E-state index in [1.54, 1.807) is 11.0 Å². The lowest BCUT2D eigenvalue weighted by Crippen LogP contribution is -2.38. The quantitative estimate of drug-likeness (QED) is 0.334. The van der Waals surface area contributed by atoms with Crippen molar-refractivity contribution in [3.05, 3.63) is 95.4 Å². The number of imidazole rings is 1. The predicted octanol–water partition coefficient (Wildman–Crippen LogP) is 5.95. The Kier molecular flexibility index (Phi) is 3.88. The molecular weight excluding hydrogens is 408 g/mol. The van der Waals surface area contributed by atoms with Gasteiger partial charge in [0, 0.05) is 10.4 Å². The predicted molar refractivity (Wildman–Crippen MR) is 123 cm³/mol. The molecule has 5 aromatic rings. The second-order valence-electron chi connectivity index (χ2n) is 7.67. The minimum atomic E-state index is -0.276. The monoisotopic (exact) mass is 424 g/mol. The average molecular weight is 425 g/mol. The van der Waals surface area contributed by atoms with Gasteiger partial charge in [-0.2, -0.15) is 0 Å². The molecule has 5 nitrogen and oxygen atoms in total. The first-order valence-electron chi connectivity index (χ1n) is 10.1. The number of fused-ring (bicyclic) bond motifs is 6. The van der Waals surface area contributed by atoms with Crippen LogP contribution in [0.5, 0.6) is 0 Å². The zero-order valence-electron chi connectivity index (χ0n) is 16.7. The highest BCUT2D eigenvalue weighted by atomic mass is 35.5. The van der Waals surface area contributed by atoms with Gasteiger partial charge in [-0.25, -0.2) is 9.97 Å². The number of anilines is 1. The first-order chi connectivity index (χ1) is 15.1. The van der Waals surface area contributed by atoms with Gasteiger partial charge in [-0.05, 0) is 49.4 Å². The van der Waals surface area contributed by atoms with Crippen molar-refractivity contribution in [1.82, 2.24) is 14.5 Å². The second-order valence-corrected chi connectivity index (χ2v) is 8.10. The Bertz CT molecular complexity index is 1510. The first kappa shape index (κ1) is 18.1. The fourth-order valence-corrected chi connectivity index (χ4v) is 4.54. The lowest BCUT2D eigenvalue weighted by atomic mass is 10.1. The molecule has 0 radical (unpaired) electrons. The third-order valence-corrected chi connectivity index (χ3v) is 6.06. The topological polar surface area (TPSA) is 51.0 Å². The van der Waals surface area contributed by atoms with Crippen LogP contribution in [0.25, 0.3) is 27.6 Å². The van der Waals surface area contributed by atoms with Crippen molar-refractivity contribution in [2.45, 2.75) is 13.0 Å². The molecule has 150 valence electrons. The van der Waals surface area contributed by atoms with Crippen LogP contribution in [0.2, 0.25) is 5.02 Å². The van der Waals surface area contributed by atoms with Crippen LogP contribution >= 0.6 is 11.6 Å². The summed E-state index contributed by atoms with van der Waals surface area (Å²) in [6.07, 6.45) is 0. The molecule has 0 saturated heterocycles. The average Bonchev–Trinajstić information content (AvgIpc) is 3.19. The third-order valence-electron chi connectivity index (χ3n) is 5.82. The molecule has 1 amide bonds. The van der Waals surface area contributed by atoms with Crippen LogP contribution in [0.3, 0.4) is 0 Å². The zero-order chi connectivity index (χ0) is 21.1. The van der Waals surface area contributed by atoms with E-state index in [1.165, 1.54) is 0 Å². The molecule has 0 spiro atoms. The van der Waals surface area contributed by atoms with Crippen molar-refractivity contribution in [2.75, 3.05) is 4.90 Å². The smallest absolute Gasteiger partial charge is 0.277 e. The van der Waals surface area contributed by atoms with Crippen molar-refractivity contribution in [3.63, 3.8) is 0 Å². The summed E-state index contributed by atoms with van der Waals surface area (Å²) in [6, 6.07) is 24.8. The van der Waals surface area contributed by atoms with E-state index in [2.05, 4.69) is 9.55 Å². The maximum atomic E-state index is 13.7. The molecular formula is C25H17ClN4O. The fraction of sp³-hybridized carbons (Fsp3) is 0.0800.